The molecular weight excluding hydrogens is 382 g/mol. The van der Waals surface area contributed by atoms with Gasteiger partial charge < -0.3 is 24.4 Å². The minimum absolute atomic E-state index is 0.227. The van der Waals surface area contributed by atoms with E-state index in [9.17, 15) is 9.90 Å². The van der Waals surface area contributed by atoms with E-state index >= 15 is 0 Å². The van der Waals surface area contributed by atoms with Crippen molar-refractivity contribution in [3.63, 3.8) is 0 Å². The van der Waals surface area contributed by atoms with Gasteiger partial charge >= 0.3 is 0 Å². The van der Waals surface area contributed by atoms with Crippen molar-refractivity contribution >= 4 is 5.91 Å². The molecule has 0 aromatic heterocycles. The Morgan fingerprint density at radius 1 is 1.07 bits per heavy atom. The molecule has 1 aromatic rings. The van der Waals surface area contributed by atoms with Crippen molar-refractivity contribution in [1.29, 1.82) is 0 Å². The summed E-state index contributed by atoms with van der Waals surface area (Å²) >= 11 is 0. The average Bonchev–Trinajstić information content (AvgIpc) is 3.04. The molecule has 3 fully saturated rings. The Morgan fingerprint density at radius 2 is 1.80 bits per heavy atom. The van der Waals surface area contributed by atoms with Crippen LogP contribution in [0.5, 0.6) is 11.5 Å². The van der Waals surface area contributed by atoms with E-state index in [1.54, 1.807) is 7.11 Å². The van der Waals surface area contributed by atoms with Gasteiger partial charge in [0.1, 0.15) is 6.10 Å². The number of carbonyl (C=O) groups excluding carboxylic acids is 1. The van der Waals surface area contributed by atoms with Gasteiger partial charge in [-0.3, -0.25) is 9.69 Å². The lowest BCUT2D eigenvalue weighted by Gasteiger charge is -2.35. The minimum Gasteiger partial charge on any atom is -0.493 e. The van der Waals surface area contributed by atoms with Crippen LogP contribution in [-0.2, 0) is 4.79 Å². The first-order chi connectivity index (χ1) is 14.5. The number of hydrogen-bond acceptors (Lipinski definition) is 6. The van der Waals surface area contributed by atoms with Gasteiger partial charge in [0.15, 0.2) is 11.5 Å². The number of methoxy groups -OCH3 is 1. The molecule has 0 unspecified atom stereocenters. The first kappa shape index (κ1) is 21.4. The van der Waals surface area contributed by atoms with Gasteiger partial charge in [-0.2, -0.15) is 0 Å². The number of carbonyl (C=O) groups is 1. The predicted octanol–water partition coefficient (Wildman–Crippen LogP) is 1.31. The number of nitrogens with zero attached hydrogens (tertiary/aromatic N) is 3. The molecule has 0 radical (unpaired) electrons. The summed E-state index contributed by atoms with van der Waals surface area (Å²) in [5.41, 5.74) is 0. The van der Waals surface area contributed by atoms with Gasteiger partial charge in [-0.25, -0.2) is 0 Å². The third-order valence-corrected chi connectivity index (χ3v) is 6.96. The number of amides is 1. The molecule has 1 saturated carbocycles. The maximum Gasteiger partial charge on any atom is 0.236 e. The summed E-state index contributed by atoms with van der Waals surface area (Å²) in [6.07, 6.45) is 1.78. The van der Waals surface area contributed by atoms with Crippen molar-refractivity contribution in [2.24, 2.45) is 11.8 Å². The Hall–Kier alpha value is -1.83. The number of aliphatic hydroxyl groups is 1. The molecule has 2 heterocycles. The van der Waals surface area contributed by atoms with E-state index in [1.165, 1.54) is 0 Å². The van der Waals surface area contributed by atoms with Gasteiger partial charge in [-0.15, -0.1) is 0 Å². The van der Waals surface area contributed by atoms with E-state index in [4.69, 9.17) is 9.47 Å². The van der Waals surface area contributed by atoms with Crippen molar-refractivity contribution in [3.05, 3.63) is 24.3 Å². The van der Waals surface area contributed by atoms with Crippen LogP contribution in [0.2, 0.25) is 0 Å². The summed E-state index contributed by atoms with van der Waals surface area (Å²) < 4.78 is 11.5. The second kappa shape index (κ2) is 9.54. The molecule has 7 nitrogen and oxygen atoms in total. The van der Waals surface area contributed by atoms with Crippen LogP contribution in [-0.4, -0.2) is 97.9 Å². The van der Waals surface area contributed by atoms with Gasteiger partial charge in [0.25, 0.3) is 0 Å². The summed E-state index contributed by atoms with van der Waals surface area (Å²) in [5, 5.41) is 10.7. The minimum atomic E-state index is -0.521. The van der Waals surface area contributed by atoms with E-state index in [1.807, 2.05) is 29.2 Å². The lowest BCUT2D eigenvalue weighted by atomic mass is 9.78. The standard InChI is InChI=1S/C23H35N3O4/c1-24-8-5-9-25(11-10-24)16-23(28)26-14-17-12-19(27)22(13-18(17)15-26)30-21-7-4-3-6-20(21)29-2/h3-4,6-7,17-19,22,27H,5,8-16H2,1-2H3/t17-,18+,19+,22+/m0/s1. The quantitative estimate of drug-likeness (QED) is 0.779. The van der Waals surface area contributed by atoms with Gasteiger partial charge in [-0.1, -0.05) is 12.1 Å². The molecule has 0 bridgehead atoms. The number of para-hydroxylation sites is 2. The highest BCUT2D eigenvalue weighted by Gasteiger charge is 2.44. The first-order valence-corrected chi connectivity index (χ1v) is 11.2. The highest BCUT2D eigenvalue weighted by Crippen LogP contribution is 2.39. The zero-order valence-corrected chi connectivity index (χ0v) is 18.2. The highest BCUT2D eigenvalue weighted by atomic mass is 16.5. The number of fused-ring (bicyclic) bond motifs is 1. The van der Waals surface area contributed by atoms with Crippen LogP contribution in [0.1, 0.15) is 19.3 Å². The summed E-state index contributed by atoms with van der Waals surface area (Å²) in [6.45, 7) is 6.11. The van der Waals surface area contributed by atoms with Crippen LogP contribution < -0.4 is 9.47 Å². The monoisotopic (exact) mass is 417 g/mol. The topological polar surface area (TPSA) is 65.5 Å². The Balaban J connectivity index is 1.33. The van der Waals surface area contributed by atoms with Crippen molar-refractivity contribution in [2.75, 3.05) is 60.0 Å². The SMILES string of the molecule is COc1ccccc1O[C@@H]1C[C@@H]2CN(C(=O)CN3CCCN(C)CC3)C[C@@H]2C[C@H]1O. The van der Waals surface area contributed by atoms with E-state index in [2.05, 4.69) is 16.8 Å². The summed E-state index contributed by atoms with van der Waals surface area (Å²) in [5.74, 6) is 2.31. The fraction of sp³-hybridized carbons (Fsp3) is 0.696. The molecular formula is C23H35N3O4. The fourth-order valence-electron chi connectivity index (χ4n) is 5.15. The van der Waals surface area contributed by atoms with Crippen LogP contribution in [0.4, 0.5) is 0 Å². The number of aliphatic hydroxyl groups excluding tert-OH is 1. The normalized spacial score (nSPS) is 30.6. The molecule has 1 N–H and O–H groups in total. The summed E-state index contributed by atoms with van der Waals surface area (Å²) in [4.78, 5) is 19.6. The average molecular weight is 418 g/mol. The summed E-state index contributed by atoms with van der Waals surface area (Å²) in [6, 6.07) is 7.55. The van der Waals surface area contributed by atoms with Crippen molar-refractivity contribution in [1.82, 2.24) is 14.7 Å². The third kappa shape index (κ3) is 4.90. The Bertz CT molecular complexity index is 730. The molecule has 2 saturated heterocycles. The second-order valence-electron chi connectivity index (χ2n) is 9.10. The molecule has 1 amide bonds. The Morgan fingerprint density at radius 3 is 2.57 bits per heavy atom. The smallest absolute Gasteiger partial charge is 0.236 e. The van der Waals surface area contributed by atoms with Crippen LogP contribution in [0.15, 0.2) is 24.3 Å². The van der Waals surface area contributed by atoms with Crippen molar-refractivity contribution < 1.29 is 19.4 Å². The van der Waals surface area contributed by atoms with Gasteiger partial charge in [0.05, 0.1) is 19.8 Å². The van der Waals surface area contributed by atoms with Crippen LogP contribution >= 0.6 is 0 Å². The van der Waals surface area contributed by atoms with Crippen LogP contribution in [0.25, 0.3) is 0 Å². The van der Waals surface area contributed by atoms with Gasteiger partial charge in [-0.05, 0) is 63.4 Å². The zero-order valence-electron chi connectivity index (χ0n) is 18.2. The first-order valence-electron chi connectivity index (χ1n) is 11.2. The molecule has 4 rings (SSSR count). The van der Waals surface area contributed by atoms with E-state index in [0.29, 0.717) is 36.3 Å². The highest BCUT2D eigenvalue weighted by molar-refractivity contribution is 5.78. The van der Waals surface area contributed by atoms with Gasteiger partial charge in [0, 0.05) is 26.2 Å². The molecule has 2 aliphatic heterocycles. The maximum atomic E-state index is 12.9. The molecule has 30 heavy (non-hydrogen) atoms. The maximum absolute atomic E-state index is 12.9. The van der Waals surface area contributed by atoms with Gasteiger partial charge in [0.2, 0.25) is 5.91 Å². The molecule has 3 aliphatic rings. The number of ether oxygens (including phenoxy) is 2. The van der Waals surface area contributed by atoms with Crippen molar-refractivity contribution in [3.8, 4) is 11.5 Å². The molecule has 4 atom stereocenters. The van der Waals surface area contributed by atoms with E-state index in [-0.39, 0.29) is 12.0 Å². The third-order valence-electron chi connectivity index (χ3n) is 6.96. The largest absolute Gasteiger partial charge is 0.493 e. The zero-order chi connectivity index (χ0) is 21.1. The van der Waals surface area contributed by atoms with Crippen LogP contribution in [0, 0.1) is 11.8 Å². The predicted molar refractivity (Wildman–Crippen MR) is 115 cm³/mol. The molecule has 7 heteroatoms. The van der Waals surface area contributed by atoms with Crippen LogP contribution in [0.3, 0.4) is 0 Å². The number of benzene rings is 1. The lowest BCUT2D eigenvalue weighted by molar-refractivity contribution is -0.131. The molecule has 1 aromatic carbocycles. The number of likely N-dealkylation sites (tertiary alicyclic amines) is 1. The van der Waals surface area contributed by atoms with E-state index < -0.39 is 6.10 Å². The van der Waals surface area contributed by atoms with E-state index in [0.717, 1.165) is 52.1 Å². The molecule has 166 valence electrons. The second-order valence-corrected chi connectivity index (χ2v) is 9.10. The number of hydrogen-bond donors (Lipinski definition) is 1. The lowest BCUT2D eigenvalue weighted by Crippen LogP contribution is -2.42. The molecule has 0 spiro atoms. The van der Waals surface area contributed by atoms with Crippen molar-refractivity contribution in [2.45, 2.75) is 31.5 Å². The Labute approximate surface area is 179 Å². The molecule has 1 aliphatic carbocycles. The summed E-state index contributed by atoms with van der Waals surface area (Å²) in [7, 11) is 3.77. The number of likely N-dealkylation sites (N-methyl/N-ethyl adjacent to an activating group) is 1. The Kier molecular flexibility index (Phi) is 6.80. The number of rotatable bonds is 5. The fourth-order valence-corrected chi connectivity index (χ4v) is 5.15.